The van der Waals surface area contributed by atoms with Crippen LogP contribution in [0.2, 0.25) is 0 Å². The van der Waals surface area contributed by atoms with Crippen molar-refractivity contribution in [1.29, 1.82) is 0 Å². The Kier molecular flexibility index (Phi) is 5.65. The van der Waals surface area contributed by atoms with Gasteiger partial charge in [-0.25, -0.2) is 0 Å². The summed E-state index contributed by atoms with van der Waals surface area (Å²) in [6, 6.07) is 14.2. The van der Waals surface area contributed by atoms with Gasteiger partial charge in [0.25, 0.3) is 5.91 Å². The van der Waals surface area contributed by atoms with E-state index in [0.717, 1.165) is 41.8 Å². The summed E-state index contributed by atoms with van der Waals surface area (Å²) in [5.74, 6) is 0.347. The van der Waals surface area contributed by atoms with Gasteiger partial charge in [-0.1, -0.05) is 23.8 Å². The molecular formula is C25H31N3O2. The fraction of sp³-hybridized carbons (Fsp3) is 0.440. The van der Waals surface area contributed by atoms with Gasteiger partial charge in [0, 0.05) is 36.9 Å². The number of rotatable bonds is 3. The quantitative estimate of drug-likeness (QED) is 0.815. The first-order chi connectivity index (χ1) is 14.3. The van der Waals surface area contributed by atoms with Gasteiger partial charge in [-0.2, -0.15) is 0 Å². The van der Waals surface area contributed by atoms with Crippen molar-refractivity contribution >= 4 is 17.5 Å². The summed E-state index contributed by atoms with van der Waals surface area (Å²) in [5, 5.41) is 6.56. The number of aryl methyl sites for hydroxylation is 2. The molecule has 0 saturated carbocycles. The molecule has 2 aromatic carbocycles. The zero-order valence-electron chi connectivity index (χ0n) is 18.2. The zero-order chi connectivity index (χ0) is 21.4. The number of likely N-dealkylation sites (N-methyl/N-ethyl adjacent to an activating group) is 1. The number of hydrogen-bond acceptors (Lipinski definition) is 3. The first-order valence-electron chi connectivity index (χ1n) is 10.8. The lowest BCUT2D eigenvalue weighted by atomic mass is 9.75. The molecule has 5 heteroatoms. The predicted octanol–water partition coefficient (Wildman–Crippen LogP) is 3.87. The van der Waals surface area contributed by atoms with Crippen LogP contribution in [0.1, 0.15) is 52.7 Å². The normalized spacial score (nSPS) is 26.3. The molecule has 2 aliphatic heterocycles. The number of benzene rings is 2. The average Bonchev–Trinajstić information content (AvgIpc) is 2.73. The Morgan fingerprint density at radius 2 is 1.83 bits per heavy atom. The van der Waals surface area contributed by atoms with Crippen molar-refractivity contribution in [3.8, 4) is 0 Å². The lowest BCUT2D eigenvalue weighted by Gasteiger charge is -2.47. The molecule has 2 heterocycles. The molecule has 4 unspecified atom stereocenters. The van der Waals surface area contributed by atoms with Crippen LogP contribution in [-0.4, -0.2) is 42.4 Å². The molecule has 0 aromatic heterocycles. The fourth-order valence-electron chi connectivity index (χ4n) is 4.92. The van der Waals surface area contributed by atoms with Crippen molar-refractivity contribution in [2.75, 3.05) is 18.9 Å². The van der Waals surface area contributed by atoms with E-state index in [9.17, 15) is 9.59 Å². The SMILES string of the molecule is Cc1ccc(C(=O)Nc2ccc(C)c(C3CC4CNC(C)CC4N(C)C3=O)c2)cc1. The van der Waals surface area contributed by atoms with E-state index in [4.69, 9.17) is 0 Å². The first kappa shape index (κ1) is 20.6. The molecular weight excluding hydrogens is 374 g/mol. The maximum Gasteiger partial charge on any atom is 0.255 e. The molecule has 2 aromatic rings. The van der Waals surface area contributed by atoms with E-state index in [0.29, 0.717) is 23.6 Å². The smallest absolute Gasteiger partial charge is 0.255 e. The van der Waals surface area contributed by atoms with Crippen LogP contribution >= 0.6 is 0 Å². The summed E-state index contributed by atoms with van der Waals surface area (Å²) < 4.78 is 0. The van der Waals surface area contributed by atoms with E-state index in [-0.39, 0.29) is 17.7 Å². The van der Waals surface area contributed by atoms with E-state index in [1.54, 1.807) is 0 Å². The van der Waals surface area contributed by atoms with Gasteiger partial charge in [0.2, 0.25) is 5.91 Å². The summed E-state index contributed by atoms with van der Waals surface area (Å²) in [4.78, 5) is 27.8. The van der Waals surface area contributed by atoms with Crippen LogP contribution in [0.15, 0.2) is 42.5 Å². The van der Waals surface area contributed by atoms with Gasteiger partial charge < -0.3 is 15.5 Å². The number of carbonyl (C=O) groups excluding carboxylic acids is 2. The summed E-state index contributed by atoms with van der Waals surface area (Å²) in [5.41, 5.74) is 4.58. The Balaban J connectivity index is 1.56. The molecule has 2 N–H and O–H groups in total. The maximum atomic E-state index is 13.2. The minimum absolute atomic E-state index is 0.137. The van der Waals surface area contributed by atoms with Crippen molar-refractivity contribution < 1.29 is 9.59 Å². The number of carbonyl (C=O) groups is 2. The Morgan fingerprint density at radius 3 is 2.57 bits per heavy atom. The van der Waals surface area contributed by atoms with Crippen molar-refractivity contribution in [2.24, 2.45) is 5.92 Å². The molecule has 0 spiro atoms. The molecule has 2 aliphatic rings. The van der Waals surface area contributed by atoms with Crippen LogP contribution in [0.3, 0.4) is 0 Å². The first-order valence-corrected chi connectivity index (χ1v) is 10.8. The van der Waals surface area contributed by atoms with Crippen LogP contribution in [0.5, 0.6) is 0 Å². The number of anilines is 1. The minimum Gasteiger partial charge on any atom is -0.342 e. The highest BCUT2D eigenvalue weighted by atomic mass is 16.2. The second-order valence-electron chi connectivity index (χ2n) is 9.00. The van der Waals surface area contributed by atoms with E-state index in [1.165, 1.54) is 0 Å². The highest BCUT2D eigenvalue weighted by Crippen LogP contribution is 2.39. The van der Waals surface area contributed by atoms with Crippen LogP contribution in [0, 0.1) is 19.8 Å². The van der Waals surface area contributed by atoms with Crippen molar-refractivity contribution in [1.82, 2.24) is 10.2 Å². The Bertz CT molecular complexity index is 953. The summed E-state index contributed by atoms with van der Waals surface area (Å²) >= 11 is 0. The van der Waals surface area contributed by atoms with Crippen LogP contribution < -0.4 is 10.6 Å². The minimum atomic E-state index is -0.164. The van der Waals surface area contributed by atoms with Crippen LogP contribution in [0.4, 0.5) is 5.69 Å². The number of fused-ring (bicyclic) bond motifs is 1. The largest absolute Gasteiger partial charge is 0.342 e. The predicted molar refractivity (Wildman–Crippen MR) is 120 cm³/mol. The van der Waals surface area contributed by atoms with Crippen molar-refractivity contribution in [3.63, 3.8) is 0 Å². The van der Waals surface area contributed by atoms with Crippen molar-refractivity contribution in [2.45, 2.75) is 51.6 Å². The molecule has 158 valence electrons. The number of hydrogen-bond donors (Lipinski definition) is 2. The molecule has 5 nitrogen and oxygen atoms in total. The fourth-order valence-corrected chi connectivity index (χ4v) is 4.92. The molecule has 4 atom stereocenters. The zero-order valence-corrected chi connectivity index (χ0v) is 18.2. The van der Waals surface area contributed by atoms with Gasteiger partial charge >= 0.3 is 0 Å². The monoisotopic (exact) mass is 405 g/mol. The summed E-state index contributed by atoms with van der Waals surface area (Å²) in [6.45, 7) is 7.18. The van der Waals surface area contributed by atoms with Crippen molar-refractivity contribution in [3.05, 3.63) is 64.7 Å². The third-order valence-corrected chi connectivity index (χ3v) is 6.78. The average molecular weight is 406 g/mol. The number of nitrogens with one attached hydrogen (secondary N) is 2. The molecule has 4 rings (SSSR count). The number of nitrogens with zero attached hydrogens (tertiary/aromatic N) is 1. The number of likely N-dealkylation sites (tertiary alicyclic amines) is 1. The summed E-state index contributed by atoms with van der Waals surface area (Å²) in [6.07, 6.45) is 1.86. The van der Waals surface area contributed by atoms with Gasteiger partial charge in [-0.15, -0.1) is 0 Å². The molecule has 30 heavy (non-hydrogen) atoms. The molecule has 0 bridgehead atoms. The van der Waals surface area contributed by atoms with Gasteiger partial charge in [0.05, 0.1) is 5.92 Å². The highest BCUT2D eigenvalue weighted by Gasteiger charge is 2.43. The van der Waals surface area contributed by atoms with E-state index in [2.05, 4.69) is 17.6 Å². The second kappa shape index (κ2) is 8.23. The Labute approximate surface area is 178 Å². The lowest BCUT2D eigenvalue weighted by molar-refractivity contribution is -0.140. The standard InChI is InChI=1S/C25H31N3O2/c1-15-5-8-18(9-6-15)24(29)27-20-10-7-16(2)21(13-20)22-12-19-14-26-17(3)11-23(19)28(4)25(22)30/h5-10,13,17,19,22-23,26H,11-12,14H2,1-4H3,(H,27,29). The van der Waals surface area contributed by atoms with E-state index in [1.807, 2.05) is 68.3 Å². The van der Waals surface area contributed by atoms with E-state index >= 15 is 0 Å². The maximum absolute atomic E-state index is 13.2. The lowest BCUT2D eigenvalue weighted by Crippen LogP contribution is -2.57. The third-order valence-electron chi connectivity index (χ3n) is 6.78. The molecule has 2 amide bonds. The topological polar surface area (TPSA) is 61.4 Å². The summed E-state index contributed by atoms with van der Waals surface area (Å²) in [7, 11) is 1.95. The Hall–Kier alpha value is -2.66. The highest BCUT2D eigenvalue weighted by molar-refractivity contribution is 6.04. The molecule has 0 aliphatic carbocycles. The van der Waals surface area contributed by atoms with Gasteiger partial charge in [-0.3, -0.25) is 9.59 Å². The Morgan fingerprint density at radius 1 is 1.10 bits per heavy atom. The van der Waals surface area contributed by atoms with Gasteiger partial charge in [0.1, 0.15) is 0 Å². The van der Waals surface area contributed by atoms with Gasteiger partial charge in [-0.05, 0) is 74.9 Å². The molecule has 2 fully saturated rings. The second-order valence-corrected chi connectivity index (χ2v) is 9.00. The molecule has 0 radical (unpaired) electrons. The number of amides is 2. The number of piperidine rings is 2. The van der Waals surface area contributed by atoms with Gasteiger partial charge in [0.15, 0.2) is 0 Å². The van der Waals surface area contributed by atoms with E-state index < -0.39 is 0 Å². The molecule has 2 saturated heterocycles. The third kappa shape index (κ3) is 3.99. The van der Waals surface area contributed by atoms with Crippen LogP contribution in [-0.2, 0) is 4.79 Å². The van der Waals surface area contributed by atoms with Crippen LogP contribution in [0.25, 0.3) is 0 Å².